The summed E-state index contributed by atoms with van der Waals surface area (Å²) in [6.07, 6.45) is 1.18. The van der Waals surface area contributed by atoms with Gasteiger partial charge >= 0.3 is 6.01 Å². The van der Waals surface area contributed by atoms with Crippen LogP contribution in [0.2, 0.25) is 0 Å². The first-order chi connectivity index (χ1) is 11.5. The highest BCUT2D eigenvalue weighted by molar-refractivity contribution is 6.00. The molecule has 0 saturated carbocycles. The minimum absolute atomic E-state index is 0.0485. The zero-order chi connectivity index (χ0) is 17.3. The van der Waals surface area contributed by atoms with Crippen LogP contribution in [0.1, 0.15) is 10.4 Å². The highest BCUT2D eigenvalue weighted by Crippen LogP contribution is 2.24. The second kappa shape index (κ2) is 6.15. The summed E-state index contributed by atoms with van der Waals surface area (Å²) in [5, 5.41) is 2.54. The van der Waals surface area contributed by atoms with Gasteiger partial charge in [-0.1, -0.05) is 6.58 Å². The van der Waals surface area contributed by atoms with Gasteiger partial charge in [0.2, 0.25) is 11.8 Å². The van der Waals surface area contributed by atoms with Crippen LogP contribution in [0, 0.1) is 0 Å². The third-order valence-corrected chi connectivity index (χ3v) is 3.80. The third kappa shape index (κ3) is 2.73. The van der Waals surface area contributed by atoms with E-state index in [0.717, 1.165) is 0 Å². The van der Waals surface area contributed by atoms with Crippen LogP contribution < -0.4 is 10.2 Å². The number of nitrogens with zero attached hydrogens (tertiary/aromatic N) is 3. The number of piperazine rings is 1. The minimum Gasteiger partial charge on any atom is -0.423 e. The van der Waals surface area contributed by atoms with E-state index in [0.29, 0.717) is 23.2 Å². The Bertz CT molecular complexity index is 842. The number of fused-ring (bicyclic) bond motifs is 1. The molecular formula is C16H16N4O4. The molecule has 24 heavy (non-hydrogen) atoms. The summed E-state index contributed by atoms with van der Waals surface area (Å²) in [7, 11) is 1.55. The lowest BCUT2D eigenvalue weighted by Gasteiger charge is -2.31. The predicted octanol–water partition coefficient (Wildman–Crippen LogP) is 0.549. The van der Waals surface area contributed by atoms with Gasteiger partial charge in [0.25, 0.3) is 5.91 Å². The molecular weight excluding hydrogens is 312 g/mol. The molecule has 1 aliphatic heterocycles. The van der Waals surface area contributed by atoms with Gasteiger partial charge in [-0.3, -0.25) is 19.3 Å². The van der Waals surface area contributed by atoms with Crippen LogP contribution in [0.25, 0.3) is 11.1 Å². The Morgan fingerprint density at radius 1 is 1.38 bits per heavy atom. The number of aromatic nitrogens is 1. The Morgan fingerprint density at radius 2 is 2.17 bits per heavy atom. The van der Waals surface area contributed by atoms with E-state index in [1.54, 1.807) is 25.2 Å². The molecule has 8 heteroatoms. The van der Waals surface area contributed by atoms with Crippen LogP contribution in [-0.4, -0.2) is 54.3 Å². The lowest BCUT2D eigenvalue weighted by Crippen LogP contribution is -2.52. The first kappa shape index (κ1) is 15.7. The van der Waals surface area contributed by atoms with Crippen LogP contribution in [-0.2, 0) is 9.59 Å². The first-order valence-electron chi connectivity index (χ1n) is 7.38. The normalized spacial score (nSPS) is 14.8. The van der Waals surface area contributed by atoms with Crippen molar-refractivity contribution in [2.45, 2.75) is 0 Å². The summed E-state index contributed by atoms with van der Waals surface area (Å²) >= 11 is 0. The van der Waals surface area contributed by atoms with Crippen molar-refractivity contribution in [3.8, 4) is 0 Å². The summed E-state index contributed by atoms with van der Waals surface area (Å²) in [5.74, 6) is -0.792. The molecule has 3 amide bonds. The molecule has 1 aromatic heterocycles. The minimum atomic E-state index is -0.283. The first-order valence-corrected chi connectivity index (χ1v) is 7.38. The molecule has 8 nitrogen and oxygen atoms in total. The summed E-state index contributed by atoms with van der Waals surface area (Å²) in [4.78, 5) is 42.6. The third-order valence-electron chi connectivity index (χ3n) is 3.80. The molecule has 3 rings (SSSR count). The van der Waals surface area contributed by atoms with Crippen molar-refractivity contribution in [2.24, 2.45) is 0 Å². The Labute approximate surface area is 137 Å². The second-order valence-corrected chi connectivity index (χ2v) is 5.27. The Morgan fingerprint density at radius 3 is 2.83 bits per heavy atom. The molecule has 1 fully saturated rings. The highest BCUT2D eigenvalue weighted by atomic mass is 16.4. The van der Waals surface area contributed by atoms with E-state index in [2.05, 4.69) is 16.9 Å². The Kier molecular flexibility index (Phi) is 4.03. The smallest absolute Gasteiger partial charge is 0.305 e. The van der Waals surface area contributed by atoms with E-state index >= 15 is 0 Å². The van der Waals surface area contributed by atoms with E-state index in [4.69, 9.17) is 4.42 Å². The van der Waals surface area contributed by atoms with Crippen LogP contribution in [0.5, 0.6) is 0 Å². The van der Waals surface area contributed by atoms with Crippen molar-refractivity contribution >= 4 is 34.8 Å². The van der Waals surface area contributed by atoms with E-state index in [-0.39, 0.29) is 36.8 Å². The van der Waals surface area contributed by atoms with Gasteiger partial charge in [0.05, 0.1) is 0 Å². The van der Waals surface area contributed by atoms with Crippen molar-refractivity contribution < 1.29 is 18.8 Å². The van der Waals surface area contributed by atoms with Gasteiger partial charge in [0, 0.05) is 25.7 Å². The van der Waals surface area contributed by atoms with Crippen LogP contribution in [0.4, 0.5) is 6.01 Å². The van der Waals surface area contributed by atoms with Gasteiger partial charge in [-0.25, -0.2) is 0 Å². The lowest BCUT2D eigenvalue weighted by molar-refractivity contribution is -0.133. The molecule has 0 atom stereocenters. The van der Waals surface area contributed by atoms with Gasteiger partial charge in [0.15, 0.2) is 5.58 Å². The molecule has 2 heterocycles. The summed E-state index contributed by atoms with van der Waals surface area (Å²) in [6, 6.07) is 5.02. The second-order valence-electron chi connectivity index (χ2n) is 5.27. The maximum Gasteiger partial charge on any atom is 0.305 e. The molecule has 2 aromatic rings. The number of amides is 3. The van der Waals surface area contributed by atoms with Gasteiger partial charge in [-0.2, -0.15) is 4.98 Å². The highest BCUT2D eigenvalue weighted by Gasteiger charge is 2.30. The molecule has 1 aromatic carbocycles. The largest absolute Gasteiger partial charge is 0.423 e. The quantitative estimate of drug-likeness (QED) is 0.830. The van der Waals surface area contributed by atoms with E-state index < -0.39 is 0 Å². The van der Waals surface area contributed by atoms with Crippen LogP contribution in [0.15, 0.2) is 35.3 Å². The van der Waals surface area contributed by atoms with Crippen molar-refractivity contribution in [1.29, 1.82) is 0 Å². The Balaban J connectivity index is 1.85. The number of hydrogen-bond donors (Lipinski definition) is 1. The molecule has 1 saturated heterocycles. The zero-order valence-corrected chi connectivity index (χ0v) is 13.1. The average molecular weight is 328 g/mol. The number of oxazole rings is 1. The fraction of sp³-hybridized carbons (Fsp3) is 0.250. The van der Waals surface area contributed by atoms with E-state index in [1.165, 1.54) is 15.9 Å². The van der Waals surface area contributed by atoms with Crippen LogP contribution in [0.3, 0.4) is 0 Å². The number of hydrogen-bond acceptors (Lipinski definition) is 5. The topological polar surface area (TPSA) is 95.8 Å². The van der Waals surface area contributed by atoms with Crippen molar-refractivity contribution in [3.63, 3.8) is 0 Å². The Hall–Kier alpha value is -3.16. The van der Waals surface area contributed by atoms with Gasteiger partial charge < -0.3 is 14.6 Å². The number of benzene rings is 1. The number of rotatable bonds is 3. The predicted molar refractivity (Wildman–Crippen MR) is 86.5 cm³/mol. The van der Waals surface area contributed by atoms with Crippen molar-refractivity contribution in [3.05, 3.63) is 36.4 Å². The van der Waals surface area contributed by atoms with E-state index in [9.17, 15) is 14.4 Å². The number of carbonyl (C=O) groups excluding carboxylic acids is 3. The SMILES string of the molecule is C=CC(=O)N1CCN(c2nc3cc(C(=O)NC)ccc3o2)C(=O)C1. The fourth-order valence-corrected chi connectivity index (χ4v) is 2.51. The fourth-order valence-electron chi connectivity index (χ4n) is 2.51. The molecule has 1 aliphatic rings. The maximum absolute atomic E-state index is 12.3. The molecule has 0 spiro atoms. The van der Waals surface area contributed by atoms with Gasteiger partial charge in [-0.05, 0) is 24.3 Å². The zero-order valence-electron chi connectivity index (χ0n) is 13.1. The molecule has 0 aliphatic carbocycles. The molecule has 124 valence electrons. The monoisotopic (exact) mass is 328 g/mol. The maximum atomic E-state index is 12.3. The lowest BCUT2D eigenvalue weighted by atomic mass is 10.2. The number of nitrogens with one attached hydrogen (secondary N) is 1. The standard InChI is InChI=1S/C16H16N4O4/c1-3-13(21)19-6-7-20(14(22)9-19)16-18-11-8-10(15(23)17-2)4-5-12(11)24-16/h3-5,8H,1,6-7,9H2,2H3,(H,17,23). The van der Waals surface area contributed by atoms with Gasteiger partial charge in [-0.15, -0.1) is 0 Å². The molecule has 0 radical (unpaired) electrons. The van der Waals surface area contributed by atoms with Gasteiger partial charge in [0.1, 0.15) is 12.1 Å². The number of anilines is 1. The average Bonchev–Trinajstić information content (AvgIpc) is 3.02. The number of carbonyl (C=O) groups is 3. The van der Waals surface area contributed by atoms with E-state index in [1.807, 2.05) is 0 Å². The molecule has 0 bridgehead atoms. The van der Waals surface area contributed by atoms with Crippen molar-refractivity contribution in [1.82, 2.24) is 15.2 Å². The van der Waals surface area contributed by atoms with Crippen LogP contribution >= 0.6 is 0 Å². The van der Waals surface area contributed by atoms with Crippen molar-refractivity contribution in [2.75, 3.05) is 31.6 Å². The molecule has 1 N–H and O–H groups in total. The summed E-state index contributed by atoms with van der Waals surface area (Å²) in [6.45, 7) is 4.03. The molecule has 0 unspecified atom stereocenters. The summed E-state index contributed by atoms with van der Waals surface area (Å²) in [5.41, 5.74) is 1.43. The summed E-state index contributed by atoms with van der Waals surface area (Å²) < 4.78 is 5.61.